The zero-order valence-corrected chi connectivity index (χ0v) is 20.7. The lowest BCUT2D eigenvalue weighted by Gasteiger charge is -2.13. The van der Waals surface area contributed by atoms with Gasteiger partial charge in [-0.05, 0) is 65.9 Å². The van der Waals surface area contributed by atoms with E-state index in [0.29, 0.717) is 32.6 Å². The molecule has 0 N–H and O–H groups in total. The van der Waals surface area contributed by atoms with E-state index in [1.54, 1.807) is 72.8 Å². The Morgan fingerprint density at radius 2 is 1.79 bits per heavy atom. The van der Waals surface area contributed by atoms with Crippen molar-refractivity contribution in [3.05, 3.63) is 98.3 Å². The van der Waals surface area contributed by atoms with Crippen LogP contribution in [0.25, 0.3) is 6.08 Å². The van der Waals surface area contributed by atoms with Crippen LogP contribution in [0.5, 0.6) is 11.5 Å². The smallest absolute Gasteiger partial charge is 0.343 e. The third kappa shape index (κ3) is 5.88. The first-order chi connectivity index (χ1) is 16.4. The molecule has 1 aliphatic rings. The number of amides is 2. The van der Waals surface area contributed by atoms with Crippen molar-refractivity contribution in [2.24, 2.45) is 0 Å². The van der Waals surface area contributed by atoms with Gasteiger partial charge in [0, 0.05) is 4.47 Å². The normalized spacial score (nSPS) is 14.5. The Morgan fingerprint density at radius 1 is 1.03 bits per heavy atom. The van der Waals surface area contributed by atoms with Crippen LogP contribution in [-0.4, -0.2) is 35.2 Å². The number of carbonyl (C=O) groups excluding carboxylic acids is 3. The van der Waals surface area contributed by atoms with Crippen LogP contribution in [-0.2, 0) is 4.79 Å². The lowest BCUT2D eigenvalue weighted by Crippen LogP contribution is -2.32. The molecule has 0 bridgehead atoms. The molecule has 3 aromatic carbocycles. The Hall–Kier alpha value is -3.07. The minimum absolute atomic E-state index is 0.109. The van der Waals surface area contributed by atoms with E-state index < -0.39 is 5.97 Å². The van der Waals surface area contributed by atoms with E-state index in [0.717, 1.165) is 21.1 Å². The first-order valence-electron chi connectivity index (χ1n) is 10.1. The zero-order chi connectivity index (χ0) is 24.1. The standard InChI is InChI=1S/C25H17BrClNO5S/c26-18-5-3-4-17(15-18)24(30)33-19-10-8-16(9-11-19)14-22-23(29)28(25(31)34-22)12-13-32-21-7-2-1-6-20(21)27/h1-11,14-15H,12-13H2/b22-14-. The first kappa shape index (κ1) is 24.1. The third-order valence-corrected chi connectivity index (χ3v) is 6.44. The molecule has 1 fully saturated rings. The molecule has 3 aromatic rings. The highest BCUT2D eigenvalue weighted by molar-refractivity contribution is 9.10. The number of halogens is 2. The van der Waals surface area contributed by atoms with Crippen LogP contribution in [0.4, 0.5) is 4.79 Å². The summed E-state index contributed by atoms with van der Waals surface area (Å²) in [6.07, 6.45) is 1.62. The monoisotopic (exact) mass is 557 g/mol. The fraction of sp³-hybridized carbons (Fsp3) is 0.0800. The molecule has 1 heterocycles. The molecule has 0 radical (unpaired) electrons. The topological polar surface area (TPSA) is 72.9 Å². The van der Waals surface area contributed by atoms with Crippen molar-refractivity contribution < 1.29 is 23.9 Å². The molecule has 34 heavy (non-hydrogen) atoms. The number of esters is 1. The molecule has 2 amide bonds. The number of ether oxygens (including phenoxy) is 2. The molecule has 0 saturated carbocycles. The summed E-state index contributed by atoms with van der Waals surface area (Å²) in [4.78, 5) is 38.7. The second-order valence-corrected chi connectivity index (χ2v) is 9.40. The van der Waals surface area contributed by atoms with Crippen molar-refractivity contribution in [1.29, 1.82) is 0 Å². The number of carbonyl (C=O) groups is 3. The van der Waals surface area contributed by atoms with Gasteiger partial charge in [-0.1, -0.05) is 57.9 Å². The highest BCUT2D eigenvalue weighted by Crippen LogP contribution is 2.32. The summed E-state index contributed by atoms with van der Waals surface area (Å²) < 4.78 is 11.7. The fourth-order valence-electron chi connectivity index (χ4n) is 3.07. The molecule has 0 atom stereocenters. The van der Waals surface area contributed by atoms with E-state index in [1.807, 2.05) is 6.07 Å². The lowest BCUT2D eigenvalue weighted by molar-refractivity contribution is -0.123. The number of nitrogens with zero attached hydrogens (tertiary/aromatic N) is 1. The third-order valence-electron chi connectivity index (χ3n) is 4.73. The van der Waals surface area contributed by atoms with Gasteiger partial charge in [-0.25, -0.2) is 4.79 Å². The first-order valence-corrected chi connectivity index (χ1v) is 12.1. The number of para-hydroxylation sites is 1. The average Bonchev–Trinajstić information content (AvgIpc) is 3.09. The van der Waals surface area contributed by atoms with Crippen molar-refractivity contribution in [3.8, 4) is 11.5 Å². The van der Waals surface area contributed by atoms with Crippen molar-refractivity contribution >= 4 is 62.5 Å². The van der Waals surface area contributed by atoms with E-state index in [4.69, 9.17) is 21.1 Å². The molecular formula is C25H17BrClNO5S. The summed E-state index contributed by atoms with van der Waals surface area (Å²) in [6, 6.07) is 20.6. The van der Waals surface area contributed by atoms with E-state index in [9.17, 15) is 14.4 Å². The number of thioether (sulfide) groups is 1. The number of hydrogen-bond acceptors (Lipinski definition) is 6. The molecule has 0 spiro atoms. The second kappa shape index (κ2) is 10.9. The van der Waals surface area contributed by atoms with Gasteiger partial charge in [0.2, 0.25) is 0 Å². The molecule has 0 aliphatic carbocycles. The molecule has 0 aromatic heterocycles. The number of rotatable bonds is 7. The molecule has 1 aliphatic heterocycles. The number of imide groups is 1. The van der Waals surface area contributed by atoms with Crippen molar-refractivity contribution in [1.82, 2.24) is 4.90 Å². The van der Waals surface area contributed by atoms with Gasteiger partial charge in [-0.15, -0.1) is 0 Å². The van der Waals surface area contributed by atoms with Crippen LogP contribution >= 0.6 is 39.3 Å². The van der Waals surface area contributed by atoms with Crippen molar-refractivity contribution in [2.45, 2.75) is 0 Å². The van der Waals surface area contributed by atoms with Crippen LogP contribution < -0.4 is 9.47 Å². The van der Waals surface area contributed by atoms with Gasteiger partial charge in [0.05, 0.1) is 22.0 Å². The van der Waals surface area contributed by atoms with Crippen LogP contribution in [0.2, 0.25) is 5.02 Å². The van der Waals surface area contributed by atoms with Crippen LogP contribution in [0.3, 0.4) is 0 Å². The maximum atomic E-state index is 12.7. The molecule has 0 unspecified atom stereocenters. The molecule has 172 valence electrons. The number of hydrogen-bond donors (Lipinski definition) is 0. The predicted octanol–water partition coefficient (Wildman–Crippen LogP) is 6.44. The Balaban J connectivity index is 1.36. The van der Waals surface area contributed by atoms with Crippen molar-refractivity contribution in [3.63, 3.8) is 0 Å². The second-order valence-electron chi connectivity index (χ2n) is 7.08. The largest absolute Gasteiger partial charge is 0.490 e. The van der Waals surface area contributed by atoms with Gasteiger partial charge in [0.1, 0.15) is 18.1 Å². The maximum absolute atomic E-state index is 12.7. The van der Waals surface area contributed by atoms with Gasteiger partial charge >= 0.3 is 5.97 Å². The lowest BCUT2D eigenvalue weighted by atomic mass is 10.2. The summed E-state index contributed by atoms with van der Waals surface area (Å²) in [6.45, 7) is 0.241. The minimum Gasteiger partial charge on any atom is -0.490 e. The maximum Gasteiger partial charge on any atom is 0.343 e. The van der Waals surface area contributed by atoms with Gasteiger partial charge in [0.15, 0.2) is 0 Å². The average molecular weight is 559 g/mol. The molecule has 6 nitrogen and oxygen atoms in total. The van der Waals surface area contributed by atoms with Gasteiger partial charge in [-0.3, -0.25) is 14.5 Å². The Morgan fingerprint density at radius 3 is 2.53 bits per heavy atom. The quantitative estimate of drug-likeness (QED) is 0.189. The Kier molecular flexibility index (Phi) is 7.72. The summed E-state index contributed by atoms with van der Waals surface area (Å²) >= 11 is 10.2. The minimum atomic E-state index is -0.478. The van der Waals surface area contributed by atoms with Crippen LogP contribution in [0, 0.1) is 0 Å². The Bertz CT molecular complexity index is 1280. The van der Waals surface area contributed by atoms with Gasteiger partial charge < -0.3 is 9.47 Å². The summed E-state index contributed by atoms with van der Waals surface area (Å²) in [5.74, 6) is -0.00332. The SMILES string of the molecule is O=C(Oc1ccc(/C=C2\SC(=O)N(CCOc3ccccc3Cl)C2=O)cc1)c1cccc(Br)c1. The summed E-state index contributed by atoms with van der Waals surface area (Å²) in [7, 11) is 0. The number of benzene rings is 3. The molecule has 1 saturated heterocycles. The van der Waals surface area contributed by atoms with E-state index >= 15 is 0 Å². The molecule has 9 heteroatoms. The predicted molar refractivity (Wildman–Crippen MR) is 135 cm³/mol. The van der Waals surface area contributed by atoms with E-state index in [-0.39, 0.29) is 24.3 Å². The fourth-order valence-corrected chi connectivity index (χ4v) is 4.52. The van der Waals surface area contributed by atoms with Crippen LogP contribution in [0.15, 0.2) is 82.2 Å². The zero-order valence-electron chi connectivity index (χ0n) is 17.6. The van der Waals surface area contributed by atoms with Crippen molar-refractivity contribution in [2.75, 3.05) is 13.2 Å². The molecule has 4 rings (SSSR count). The highest BCUT2D eigenvalue weighted by Gasteiger charge is 2.34. The highest BCUT2D eigenvalue weighted by atomic mass is 79.9. The van der Waals surface area contributed by atoms with Gasteiger partial charge in [-0.2, -0.15) is 0 Å². The summed E-state index contributed by atoms with van der Waals surface area (Å²) in [5.41, 5.74) is 1.12. The van der Waals surface area contributed by atoms with E-state index in [1.165, 1.54) is 0 Å². The Labute approximate surface area is 213 Å². The molecular weight excluding hydrogens is 542 g/mol. The van der Waals surface area contributed by atoms with Crippen LogP contribution in [0.1, 0.15) is 15.9 Å². The summed E-state index contributed by atoms with van der Waals surface area (Å²) in [5, 5.41) is 0.0980. The van der Waals surface area contributed by atoms with Gasteiger partial charge in [0.25, 0.3) is 11.1 Å². The van der Waals surface area contributed by atoms with E-state index in [2.05, 4.69) is 15.9 Å².